The van der Waals surface area contributed by atoms with Crippen LogP contribution in [0.4, 0.5) is 0 Å². The molecule has 2 heterocycles. The summed E-state index contributed by atoms with van der Waals surface area (Å²) in [6, 6.07) is 8.34. The van der Waals surface area contributed by atoms with E-state index in [9.17, 15) is 4.79 Å². The Labute approximate surface area is 146 Å². The fourth-order valence-electron chi connectivity index (χ4n) is 3.51. The molecule has 1 atom stereocenters. The molecule has 1 aromatic heterocycles. The highest BCUT2D eigenvalue weighted by molar-refractivity contribution is 7.11. The summed E-state index contributed by atoms with van der Waals surface area (Å²) in [5.74, 6) is 0.797. The largest absolute Gasteiger partial charge is 0.349 e. The maximum Gasteiger partial charge on any atom is 0.251 e. The summed E-state index contributed by atoms with van der Waals surface area (Å²) in [6.07, 6.45) is 3.97. The first-order chi connectivity index (χ1) is 11.7. The second kappa shape index (κ2) is 6.65. The summed E-state index contributed by atoms with van der Waals surface area (Å²) < 4.78 is 0. The summed E-state index contributed by atoms with van der Waals surface area (Å²) in [5, 5.41) is 7.62. The number of hydrogen-bond acceptors (Lipinski definition) is 4. The number of carbonyl (C=O) groups excluding carboxylic acids is 1. The molecule has 4 rings (SSSR count). The number of amides is 1. The Bertz CT molecular complexity index is 734. The minimum absolute atomic E-state index is 0.0431. The molecule has 2 aromatic rings. The molecule has 1 saturated heterocycles. The number of benzene rings is 1. The Hall–Kier alpha value is -1.72. The molecule has 0 spiro atoms. The van der Waals surface area contributed by atoms with Gasteiger partial charge < -0.3 is 10.6 Å². The summed E-state index contributed by atoms with van der Waals surface area (Å²) >= 11 is 1.76. The minimum atomic E-state index is 0.0431. The monoisotopic (exact) mass is 341 g/mol. The smallest absolute Gasteiger partial charge is 0.251 e. The Morgan fingerprint density at radius 2 is 2.12 bits per heavy atom. The molecule has 1 amide bonds. The average molecular weight is 341 g/mol. The molecule has 0 bridgehead atoms. The molecular formula is C19H23N3OS. The van der Waals surface area contributed by atoms with Gasteiger partial charge in [-0.25, -0.2) is 4.98 Å². The zero-order valence-electron chi connectivity index (χ0n) is 14.0. The van der Waals surface area contributed by atoms with Crippen molar-refractivity contribution in [2.24, 2.45) is 5.92 Å². The van der Waals surface area contributed by atoms with Gasteiger partial charge in [-0.2, -0.15) is 0 Å². The normalized spacial score (nSPS) is 20.3. The van der Waals surface area contributed by atoms with E-state index in [1.54, 1.807) is 11.3 Å². The molecule has 1 unspecified atom stereocenters. The van der Waals surface area contributed by atoms with Crippen LogP contribution in [0, 0.1) is 12.8 Å². The number of nitrogens with one attached hydrogen (secondary N) is 2. The van der Waals surface area contributed by atoms with Crippen molar-refractivity contribution in [3.8, 4) is 0 Å². The maximum absolute atomic E-state index is 12.5. The summed E-state index contributed by atoms with van der Waals surface area (Å²) in [4.78, 5) is 18.4. The van der Waals surface area contributed by atoms with Crippen molar-refractivity contribution in [1.82, 2.24) is 15.6 Å². The van der Waals surface area contributed by atoms with E-state index in [2.05, 4.69) is 34.7 Å². The second-order valence-corrected chi connectivity index (χ2v) is 8.23. The first-order valence-corrected chi connectivity index (χ1v) is 9.55. The van der Waals surface area contributed by atoms with Crippen LogP contribution in [0.5, 0.6) is 0 Å². The third-order valence-corrected chi connectivity index (χ3v) is 6.02. The third-order valence-electron chi connectivity index (χ3n) is 4.99. The first-order valence-electron chi connectivity index (χ1n) is 8.73. The van der Waals surface area contributed by atoms with Crippen molar-refractivity contribution >= 4 is 17.2 Å². The van der Waals surface area contributed by atoms with Crippen LogP contribution < -0.4 is 10.6 Å². The number of aryl methyl sites for hydroxylation is 2. The number of hydrogen-bond donors (Lipinski definition) is 2. The number of carbonyl (C=O) groups is 1. The van der Waals surface area contributed by atoms with E-state index in [1.807, 2.05) is 12.1 Å². The quantitative estimate of drug-likeness (QED) is 0.898. The zero-order valence-corrected chi connectivity index (χ0v) is 14.8. The Morgan fingerprint density at radius 1 is 1.33 bits per heavy atom. The molecule has 1 aliphatic carbocycles. The molecule has 5 heteroatoms. The third kappa shape index (κ3) is 3.37. The fraction of sp³-hybridized carbons (Fsp3) is 0.474. The van der Waals surface area contributed by atoms with Gasteiger partial charge in [-0.3, -0.25) is 4.79 Å². The van der Waals surface area contributed by atoms with Gasteiger partial charge in [0.05, 0.1) is 10.7 Å². The molecule has 1 aliphatic heterocycles. The first kappa shape index (κ1) is 15.8. The van der Waals surface area contributed by atoms with Crippen LogP contribution in [0.25, 0.3) is 0 Å². The summed E-state index contributed by atoms with van der Waals surface area (Å²) in [6.45, 7) is 4.28. The van der Waals surface area contributed by atoms with Gasteiger partial charge in [0.25, 0.3) is 5.91 Å². The van der Waals surface area contributed by atoms with Crippen molar-refractivity contribution in [1.29, 1.82) is 0 Å². The molecule has 126 valence electrons. The van der Waals surface area contributed by atoms with Gasteiger partial charge in [0.2, 0.25) is 0 Å². The predicted molar refractivity (Wildman–Crippen MR) is 96.6 cm³/mol. The van der Waals surface area contributed by atoms with E-state index in [-0.39, 0.29) is 11.9 Å². The lowest BCUT2D eigenvalue weighted by molar-refractivity contribution is 0.0933. The Morgan fingerprint density at radius 3 is 2.83 bits per heavy atom. The van der Waals surface area contributed by atoms with Crippen molar-refractivity contribution < 1.29 is 4.79 Å². The molecule has 0 saturated carbocycles. The Balaban J connectivity index is 1.35. The highest BCUT2D eigenvalue weighted by atomic mass is 32.1. The molecule has 2 aliphatic rings. The van der Waals surface area contributed by atoms with Crippen LogP contribution in [-0.4, -0.2) is 30.0 Å². The van der Waals surface area contributed by atoms with Crippen molar-refractivity contribution in [3.05, 3.63) is 51.0 Å². The van der Waals surface area contributed by atoms with E-state index in [4.69, 9.17) is 0 Å². The topological polar surface area (TPSA) is 54.0 Å². The summed E-state index contributed by atoms with van der Waals surface area (Å²) in [7, 11) is 0. The van der Waals surface area contributed by atoms with Gasteiger partial charge in [-0.05, 0) is 62.9 Å². The van der Waals surface area contributed by atoms with E-state index in [1.165, 1.54) is 16.1 Å². The van der Waals surface area contributed by atoms with Crippen LogP contribution >= 0.6 is 11.3 Å². The number of nitrogens with zero attached hydrogens (tertiary/aromatic N) is 1. The SMILES string of the molecule is Cc1nc2c(s1)CC(NC(=O)c1ccc(CC3CNC3)cc1)CC2. The van der Waals surface area contributed by atoms with E-state index < -0.39 is 0 Å². The van der Waals surface area contributed by atoms with Gasteiger partial charge in [0.1, 0.15) is 0 Å². The number of fused-ring (bicyclic) bond motifs is 1. The number of rotatable bonds is 4. The van der Waals surface area contributed by atoms with Crippen LogP contribution in [0.1, 0.15) is 37.9 Å². The second-order valence-electron chi connectivity index (χ2n) is 6.94. The zero-order chi connectivity index (χ0) is 16.5. The van der Waals surface area contributed by atoms with Crippen LogP contribution in [0.2, 0.25) is 0 Å². The van der Waals surface area contributed by atoms with Gasteiger partial charge in [0.15, 0.2) is 0 Å². The average Bonchev–Trinajstić information content (AvgIpc) is 2.91. The van der Waals surface area contributed by atoms with Gasteiger partial charge >= 0.3 is 0 Å². The van der Waals surface area contributed by atoms with Crippen molar-refractivity contribution in [3.63, 3.8) is 0 Å². The lowest BCUT2D eigenvalue weighted by Gasteiger charge is -2.27. The Kier molecular flexibility index (Phi) is 4.37. The predicted octanol–water partition coefficient (Wildman–Crippen LogP) is 2.50. The molecule has 0 radical (unpaired) electrons. The standard InChI is InChI=1S/C19H23N3OS/c1-12-21-17-7-6-16(9-18(17)24-12)22-19(23)15-4-2-13(3-5-15)8-14-10-20-11-14/h2-5,14,16,20H,6-11H2,1H3,(H,22,23). The molecule has 2 N–H and O–H groups in total. The number of aromatic nitrogens is 1. The van der Waals surface area contributed by atoms with Crippen LogP contribution in [0.15, 0.2) is 24.3 Å². The molecule has 1 aromatic carbocycles. The number of thiazole rings is 1. The van der Waals surface area contributed by atoms with E-state index >= 15 is 0 Å². The van der Waals surface area contributed by atoms with Crippen molar-refractivity contribution in [2.45, 2.75) is 38.6 Å². The molecule has 4 nitrogen and oxygen atoms in total. The fourth-order valence-corrected chi connectivity index (χ4v) is 4.58. The van der Waals surface area contributed by atoms with Crippen LogP contribution in [-0.2, 0) is 19.3 Å². The minimum Gasteiger partial charge on any atom is -0.349 e. The molecule has 24 heavy (non-hydrogen) atoms. The molecular weight excluding hydrogens is 318 g/mol. The molecule has 1 fully saturated rings. The summed E-state index contributed by atoms with van der Waals surface area (Å²) in [5.41, 5.74) is 3.31. The lowest BCUT2D eigenvalue weighted by atomic mass is 9.94. The highest BCUT2D eigenvalue weighted by Crippen LogP contribution is 2.26. The maximum atomic E-state index is 12.5. The lowest BCUT2D eigenvalue weighted by Crippen LogP contribution is -2.43. The van der Waals surface area contributed by atoms with Gasteiger partial charge in [-0.15, -0.1) is 11.3 Å². The van der Waals surface area contributed by atoms with E-state index in [0.29, 0.717) is 0 Å². The van der Waals surface area contributed by atoms with Gasteiger partial charge in [0, 0.05) is 22.9 Å². The highest BCUT2D eigenvalue weighted by Gasteiger charge is 2.23. The van der Waals surface area contributed by atoms with Crippen LogP contribution in [0.3, 0.4) is 0 Å². The van der Waals surface area contributed by atoms with E-state index in [0.717, 1.165) is 55.3 Å². The van der Waals surface area contributed by atoms with Crippen molar-refractivity contribution in [2.75, 3.05) is 13.1 Å². The van der Waals surface area contributed by atoms with Gasteiger partial charge in [-0.1, -0.05) is 12.1 Å².